The van der Waals surface area contributed by atoms with Gasteiger partial charge in [0.1, 0.15) is 0 Å². The summed E-state index contributed by atoms with van der Waals surface area (Å²) in [6.45, 7) is 5.39. The third kappa shape index (κ3) is 6.33. The number of rotatable bonds is 8. The zero-order valence-corrected chi connectivity index (χ0v) is 12.1. The van der Waals surface area contributed by atoms with Crippen molar-refractivity contribution in [1.82, 2.24) is 10.2 Å². The monoisotopic (exact) mass is 278 g/mol. The topological polar surface area (TPSA) is 58.6 Å². The van der Waals surface area contributed by atoms with E-state index >= 15 is 0 Å². The molecule has 0 saturated heterocycles. The van der Waals surface area contributed by atoms with Crippen LogP contribution in [0.1, 0.15) is 19.4 Å². The molecule has 0 fully saturated rings. The molecule has 5 nitrogen and oxygen atoms in total. The average Bonchev–Trinajstić information content (AvgIpc) is 2.40. The van der Waals surface area contributed by atoms with Crippen molar-refractivity contribution in [3.8, 4) is 0 Å². The Morgan fingerprint density at radius 2 is 1.85 bits per heavy atom. The molecule has 0 atom stereocenters. The first-order valence-electron chi connectivity index (χ1n) is 6.84. The molecule has 0 aromatic heterocycles. The number of nitrogens with zero attached hydrogens (tertiary/aromatic N) is 1. The molecule has 0 bridgehead atoms. The number of hydrogen-bond donors (Lipinski definition) is 1. The molecule has 0 aliphatic heterocycles. The summed E-state index contributed by atoms with van der Waals surface area (Å²) in [4.78, 5) is 25.0. The summed E-state index contributed by atoms with van der Waals surface area (Å²) in [7, 11) is 0. The molecule has 0 heterocycles. The van der Waals surface area contributed by atoms with E-state index in [1.54, 1.807) is 11.8 Å². The maximum Gasteiger partial charge on any atom is 0.320 e. The second-order valence-electron chi connectivity index (χ2n) is 4.39. The van der Waals surface area contributed by atoms with Crippen molar-refractivity contribution in [2.45, 2.75) is 20.4 Å². The van der Waals surface area contributed by atoms with Crippen LogP contribution < -0.4 is 5.32 Å². The summed E-state index contributed by atoms with van der Waals surface area (Å²) in [6, 6.07) is 9.74. The van der Waals surface area contributed by atoms with Crippen molar-refractivity contribution in [1.29, 1.82) is 0 Å². The van der Waals surface area contributed by atoms with Crippen LogP contribution in [0, 0.1) is 0 Å². The molecular weight excluding hydrogens is 256 g/mol. The Kier molecular flexibility index (Phi) is 7.35. The first kappa shape index (κ1) is 16.2. The molecule has 1 aromatic rings. The van der Waals surface area contributed by atoms with Crippen LogP contribution in [0.15, 0.2) is 30.3 Å². The maximum absolute atomic E-state index is 11.7. The molecule has 110 valence electrons. The van der Waals surface area contributed by atoms with Crippen molar-refractivity contribution in [2.24, 2.45) is 0 Å². The van der Waals surface area contributed by atoms with E-state index in [1.165, 1.54) is 0 Å². The van der Waals surface area contributed by atoms with Crippen LogP contribution in [0.25, 0.3) is 0 Å². The lowest BCUT2D eigenvalue weighted by Gasteiger charge is -2.20. The lowest BCUT2D eigenvalue weighted by Crippen LogP contribution is -2.39. The van der Waals surface area contributed by atoms with E-state index in [0.29, 0.717) is 19.7 Å². The fraction of sp³-hybridized carbons (Fsp3) is 0.467. The van der Waals surface area contributed by atoms with Crippen LogP contribution in [0.5, 0.6) is 0 Å². The Morgan fingerprint density at radius 3 is 2.45 bits per heavy atom. The van der Waals surface area contributed by atoms with Gasteiger partial charge in [0, 0.05) is 13.1 Å². The molecule has 0 spiro atoms. The van der Waals surface area contributed by atoms with Crippen molar-refractivity contribution in [2.75, 3.05) is 26.2 Å². The molecule has 1 aromatic carbocycles. The summed E-state index contributed by atoms with van der Waals surface area (Å²) in [5.74, 6) is -0.402. The van der Waals surface area contributed by atoms with E-state index < -0.39 is 0 Å². The molecule has 0 aliphatic rings. The summed E-state index contributed by atoms with van der Waals surface area (Å²) < 4.78 is 4.94. The van der Waals surface area contributed by atoms with Gasteiger partial charge in [0.05, 0.1) is 19.7 Å². The molecule has 1 amide bonds. The summed E-state index contributed by atoms with van der Waals surface area (Å²) in [5, 5.41) is 2.73. The second-order valence-corrected chi connectivity index (χ2v) is 4.39. The van der Waals surface area contributed by atoms with Crippen LogP contribution in [-0.4, -0.2) is 43.0 Å². The van der Waals surface area contributed by atoms with Gasteiger partial charge in [-0.25, -0.2) is 0 Å². The Balaban J connectivity index is 2.63. The predicted octanol–water partition coefficient (Wildman–Crippen LogP) is 1.19. The summed E-state index contributed by atoms with van der Waals surface area (Å²) in [6.07, 6.45) is 0. The van der Waals surface area contributed by atoms with Crippen LogP contribution >= 0.6 is 0 Å². The SMILES string of the molecule is CCNC(=O)CN(CC(=O)OCC)Cc1ccccc1. The third-order valence-corrected chi connectivity index (χ3v) is 2.65. The highest BCUT2D eigenvalue weighted by Gasteiger charge is 2.15. The molecule has 0 saturated carbocycles. The summed E-state index contributed by atoms with van der Waals surface area (Å²) in [5.41, 5.74) is 1.06. The fourth-order valence-corrected chi connectivity index (χ4v) is 1.85. The zero-order valence-electron chi connectivity index (χ0n) is 12.1. The minimum absolute atomic E-state index is 0.0901. The maximum atomic E-state index is 11.7. The second kappa shape index (κ2) is 9.09. The number of hydrogen-bond acceptors (Lipinski definition) is 4. The number of ether oxygens (including phenoxy) is 1. The molecule has 1 N–H and O–H groups in total. The van der Waals surface area contributed by atoms with E-state index in [-0.39, 0.29) is 25.0 Å². The van der Waals surface area contributed by atoms with Gasteiger partial charge in [0.15, 0.2) is 0 Å². The van der Waals surface area contributed by atoms with Gasteiger partial charge < -0.3 is 10.1 Å². The highest BCUT2D eigenvalue weighted by Crippen LogP contribution is 2.04. The van der Waals surface area contributed by atoms with E-state index in [9.17, 15) is 9.59 Å². The number of amides is 1. The standard InChI is InChI=1S/C15H22N2O3/c1-3-16-14(18)11-17(12-15(19)20-4-2)10-13-8-6-5-7-9-13/h5-9H,3-4,10-12H2,1-2H3,(H,16,18). The fourth-order valence-electron chi connectivity index (χ4n) is 1.85. The largest absolute Gasteiger partial charge is 0.465 e. The van der Waals surface area contributed by atoms with Gasteiger partial charge in [-0.2, -0.15) is 0 Å². The zero-order chi connectivity index (χ0) is 14.8. The minimum atomic E-state index is -0.312. The smallest absolute Gasteiger partial charge is 0.320 e. The minimum Gasteiger partial charge on any atom is -0.465 e. The van der Waals surface area contributed by atoms with Gasteiger partial charge in [-0.3, -0.25) is 14.5 Å². The van der Waals surface area contributed by atoms with Gasteiger partial charge in [-0.15, -0.1) is 0 Å². The first-order chi connectivity index (χ1) is 9.65. The van der Waals surface area contributed by atoms with E-state index in [4.69, 9.17) is 4.74 Å². The third-order valence-electron chi connectivity index (χ3n) is 2.65. The lowest BCUT2D eigenvalue weighted by atomic mass is 10.2. The molecule has 0 radical (unpaired) electrons. The van der Waals surface area contributed by atoms with Gasteiger partial charge in [-0.1, -0.05) is 30.3 Å². The summed E-state index contributed by atoms with van der Waals surface area (Å²) >= 11 is 0. The number of benzene rings is 1. The van der Waals surface area contributed by atoms with Crippen molar-refractivity contribution >= 4 is 11.9 Å². The number of esters is 1. The Labute approximate surface area is 119 Å². The number of carbonyl (C=O) groups excluding carboxylic acids is 2. The first-order valence-corrected chi connectivity index (χ1v) is 6.84. The van der Waals surface area contributed by atoms with Gasteiger partial charge in [0.25, 0.3) is 0 Å². The number of likely N-dealkylation sites (N-methyl/N-ethyl adjacent to an activating group) is 1. The van der Waals surface area contributed by atoms with Gasteiger partial charge in [-0.05, 0) is 19.4 Å². The molecule has 0 aliphatic carbocycles. The number of carbonyl (C=O) groups is 2. The quantitative estimate of drug-likeness (QED) is 0.726. The lowest BCUT2D eigenvalue weighted by molar-refractivity contribution is -0.144. The van der Waals surface area contributed by atoms with Crippen molar-refractivity contribution < 1.29 is 14.3 Å². The van der Waals surface area contributed by atoms with E-state index in [1.807, 2.05) is 37.3 Å². The Hall–Kier alpha value is -1.88. The highest BCUT2D eigenvalue weighted by atomic mass is 16.5. The molecule has 0 unspecified atom stereocenters. The Morgan fingerprint density at radius 1 is 1.15 bits per heavy atom. The van der Waals surface area contributed by atoms with E-state index in [0.717, 1.165) is 5.56 Å². The van der Waals surface area contributed by atoms with Gasteiger partial charge >= 0.3 is 5.97 Å². The highest BCUT2D eigenvalue weighted by molar-refractivity contribution is 5.79. The normalized spacial score (nSPS) is 10.3. The molecular formula is C15H22N2O3. The molecule has 5 heteroatoms. The predicted molar refractivity (Wildman–Crippen MR) is 77.0 cm³/mol. The van der Waals surface area contributed by atoms with Crippen LogP contribution in [0.2, 0.25) is 0 Å². The molecule has 20 heavy (non-hydrogen) atoms. The van der Waals surface area contributed by atoms with Crippen molar-refractivity contribution in [3.63, 3.8) is 0 Å². The van der Waals surface area contributed by atoms with Crippen LogP contribution in [-0.2, 0) is 20.9 Å². The van der Waals surface area contributed by atoms with E-state index in [2.05, 4.69) is 5.32 Å². The Bertz CT molecular complexity index is 400. The number of nitrogens with one attached hydrogen (secondary N) is 1. The van der Waals surface area contributed by atoms with Gasteiger partial charge in [0.2, 0.25) is 5.91 Å². The average molecular weight is 278 g/mol. The van der Waals surface area contributed by atoms with Crippen molar-refractivity contribution in [3.05, 3.63) is 35.9 Å². The van der Waals surface area contributed by atoms with Crippen LogP contribution in [0.4, 0.5) is 0 Å². The molecule has 1 rings (SSSR count). The van der Waals surface area contributed by atoms with Crippen LogP contribution in [0.3, 0.4) is 0 Å².